The van der Waals surface area contributed by atoms with E-state index in [1.807, 2.05) is 61.5 Å². The molecule has 0 atom stereocenters. The Kier molecular flexibility index (Phi) is 5.96. The van der Waals surface area contributed by atoms with Gasteiger partial charge in [-0.05, 0) is 36.3 Å². The zero-order valence-corrected chi connectivity index (χ0v) is 16.2. The first-order chi connectivity index (χ1) is 12.6. The number of thiocarbonyl (C=S) groups is 1. The Labute approximate surface area is 162 Å². The molecule has 4 nitrogen and oxygen atoms in total. The molecule has 0 radical (unpaired) electrons. The van der Waals surface area contributed by atoms with Gasteiger partial charge in [0.05, 0.1) is 12.0 Å². The second-order valence-electron chi connectivity index (χ2n) is 5.61. The van der Waals surface area contributed by atoms with Crippen molar-refractivity contribution in [2.45, 2.75) is 13.5 Å². The Hall–Kier alpha value is -2.31. The molecule has 0 bridgehead atoms. The van der Waals surface area contributed by atoms with Crippen LogP contribution in [0.3, 0.4) is 0 Å². The lowest BCUT2D eigenvalue weighted by atomic mass is 10.1. The molecule has 1 fully saturated rings. The molecule has 0 spiro atoms. The van der Waals surface area contributed by atoms with Crippen LogP contribution in [0, 0.1) is 0 Å². The van der Waals surface area contributed by atoms with E-state index in [1.165, 1.54) is 11.8 Å². The highest BCUT2D eigenvalue weighted by molar-refractivity contribution is 8.26. The fraction of sp³-hybridized carbons (Fsp3) is 0.200. The lowest BCUT2D eigenvalue weighted by Crippen LogP contribution is -2.27. The first kappa shape index (κ1) is 18.5. The lowest BCUT2D eigenvalue weighted by Gasteiger charge is -2.12. The van der Waals surface area contributed by atoms with Crippen LogP contribution in [0.1, 0.15) is 18.1 Å². The van der Waals surface area contributed by atoms with E-state index in [9.17, 15) is 4.79 Å². The quantitative estimate of drug-likeness (QED) is 0.541. The molecule has 1 aliphatic rings. The normalized spacial score (nSPS) is 15.6. The standard InChI is InChI=1S/C20H19NO3S2/c1-3-21-19(22)18(26-20(21)25)12-15-9-10-16(17(11-15)23-2)24-13-14-7-5-4-6-8-14/h4-12H,3,13H2,1-2H3/b18-12+. The highest BCUT2D eigenvalue weighted by atomic mass is 32.2. The number of rotatable bonds is 6. The molecule has 1 amide bonds. The van der Waals surface area contributed by atoms with Gasteiger partial charge in [-0.2, -0.15) is 0 Å². The molecule has 3 rings (SSSR count). The van der Waals surface area contributed by atoms with Gasteiger partial charge in [0, 0.05) is 6.54 Å². The smallest absolute Gasteiger partial charge is 0.266 e. The summed E-state index contributed by atoms with van der Waals surface area (Å²) in [6, 6.07) is 15.6. The first-order valence-corrected chi connectivity index (χ1v) is 9.45. The molecular formula is C20H19NO3S2. The van der Waals surface area contributed by atoms with E-state index in [2.05, 4.69) is 0 Å². The van der Waals surface area contributed by atoms with E-state index < -0.39 is 0 Å². The monoisotopic (exact) mass is 385 g/mol. The van der Waals surface area contributed by atoms with E-state index in [0.29, 0.717) is 33.9 Å². The second-order valence-corrected chi connectivity index (χ2v) is 7.29. The Morgan fingerprint density at radius 3 is 2.58 bits per heavy atom. The fourth-order valence-corrected chi connectivity index (χ4v) is 3.94. The molecule has 0 saturated carbocycles. The molecule has 1 heterocycles. The van der Waals surface area contributed by atoms with Crippen molar-refractivity contribution in [3.63, 3.8) is 0 Å². The van der Waals surface area contributed by atoms with Crippen molar-refractivity contribution in [3.8, 4) is 11.5 Å². The van der Waals surface area contributed by atoms with Gasteiger partial charge in [-0.15, -0.1) is 0 Å². The van der Waals surface area contributed by atoms with E-state index in [4.69, 9.17) is 21.7 Å². The minimum absolute atomic E-state index is 0.0501. The van der Waals surface area contributed by atoms with Gasteiger partial charge in [0.25, 0.3) is 5.91 Å². The number of hydrogen-bond acceptors (Lipinski definition) is 5. The largest absolute Gasteiger partial charge is 0.493 e. The zero-order chi connectivity index (χ0) is 18.5. The van der Waals surface area contributed by atoms with Gasteiger partial charge < -0.3 is 9.47 Å². The van der Waals surface area contributed by atoms with Gasteiger partial charge in [0.1, 0.15) is 10.9 Å². The summed E-state index contributed by atoms with van der Waals surface area (Å²) in [5.74, 6) is 1.24. The zero-order valence-electron chi connectivity index (χ0n) is 14.6. The average molecular weight is 386 g/mol. The van der Waals surface area contributed by atoms with E-state index in [1.54, 1.807) is 12.0 Å². The summed E-state index contributed by atoms with van der Waals surface area (Å²) < 4.78 is 11.9. The van der Waals surface area contributed by atoms with Crippen molar-refractivity contribution in [1.29, 1.82) is 0 Å². The van der Waals surface area contributed by atoms with Gasteiger partial charge in [-0.25, -0.2) is 0 Å². The topological polar surface area (TPSA) is 38.8 Å². The molecule has 1 saturated heterocycles. The van der Waals surface area contributed by atoms with Crippen LogP contribution in [0.5, 0.6) is 11.5 Å². The molecule has 26 heavy (non-hydrogen) atoms. The van der Waals surface area contributed by atoms with E-state index >= 15 is 0 Å². The molecule has 0 aromatic heterocycles. The first-order valence-electron chi connectivity index (χ1n) is 8.22. The van der Waals surface area contributed by atoms with Crippen molar-refractivity contribution in [2.75, 3.05) is 13.7 Å². The Morgan fingerprint density at radius 1 is 1.15 bits per heavy atom. The van der Waals surface area contributed by atoms with Crippen molar-refractivity contribution in [2.24, 2.45) is 0 Å². The predicted octanol–water partition coefficient (Wildman–Crippen LogP) is 4.50. The van der Waals surface area contributed by atoms with Crippen LogP contribution in [0.25, 0.3) is 6.08 Å². The van der Waals surface area contributed by atoms with Crippen LogP contribution in [-0.4, -0.2) is 28.8 Å². The minimum atomic E-state index is -0.0501. The molecule has 6 heteroatoms. The predicted molar refractivity (Wildman–Crippen MR) is 109 cm³/mol. The summed E-state index contributed by atoms with van der Waals surface area (Å²) in [7, 11) is 1.60. The van der Waals surface area contributed by atoms with Crippen molar-refractivity contribution >= 4 is 40.3 Å². The summed E-state index contributed by atoms with van der Waals surface area (Å²) in [6.07, 6.45) is 1.83. The maximum absolute atomic E-state index is 12.3. The molecule has 0 N–H and O–H groups in total. The van der Waals surface area contributed by atoms with Crippen LogP contribution >= 0.6 is 24.0 Å². The molecule has 0 unspecified atom stereocenters. The Morgan fingerprint density at radius 2 is 1.92 bits per heavy atom. The Balaban J connectivity index is 1.77. The lowest BCUT2D eigenvalue weighted by molar-refractivity contribution is -0.121. The molecule has 0 aliphatic carbocycles. The van der Waals surface area contributed by atoms with Gasteiger partial charge >= 0.3 is 0 Å². The van der Waals surface area contributed by atoms with Crippen LogP contribution < -0.4 is 9.47 Å². The number of carbonyl (C=O) groups is 1. The fourth-order valence-electron chi connectivity index (χ4n) is 2.55. The van der Waals surface area contributed by atoms with Gasteiger partial charge in [0.15, 0.2) is 11.5 Å². The highest BCUT2D eigenvalue weighted by Gasteiger charge is 2.30. The number of carbonyl (C=O) groups excluding carboxylic acids is 1. The summed E-state index contributed by atoms with van der Waals surface area (Å²) in [5.41, 5.74) is 1.95. The summed E-state index contributed by atoms with van der Waals surface area (Å²) in [6.45, 7) is 2.96. The minimum Gasteiger partial charge on any atom is -0.493 e. The third kappa shape index (κ3) is 4.08. The maximum Gasteiger partial charge on any atom is 0.266 e. The van der Waals surface area contributed by atoms with Crippen molar-refractivity contribution < 1.29 is 14.3 Å². The maximum atomic E-state index is 12.3. The van der Waals surface area contributed by atoms with Crippen molar-refractivity contribution in [1.82, 2.24) is 4.90 Å². The second kappa shape index (κ2) is 8.38. The van der Waals surface area contributed by atoms with E-state index in [0.717, 1.165) is 11.1 Å². The summed E-state index contributed by atoms with van der Waals surface area (Å²) in [4.78, 5) is 14.5. The third-order valence-corrected chi connectivity index (χ3v) is 5.29. The number of methoxy groups -OCH3 is 1. The van der Waals surface area contributed by atoms with Gasteiger partial charge in [-0.1, -0.05) is 60.4 Å². The number of amides is 1. The van der Waals surface area contributed by atoms with Gasteiger partial charge in [-0.3, -0.25) is 9.69 Å². The van der Waals surface area contributed by atoms with Crippen molar-refractivity contribution in [3.05, 3.63) is 64.6 Å². The number of benzene rings is 2. The van der Waals surface area contributed by atoms with Crippen LogP contribution in [0.15, 0.2) is 53.4 Å². The van der Waals surface area contributed by atoms with Crippen LogP contribution in [0.2, 0.25) is 0 Å². The molecular weight excluding hydrogens is 366 g/mol. The number of thioether (sulfide) groups is 1. The number of nitrogens with zero attached hydrogens (tertiary/aromatic N) is 1. The SMILES string of the molecule is CCN1C(=O)/C(=C\c2ccc(OCc3ccccc3)c(OC)c2)SC1=S. The van der Waals surface area contributed by atoms with Crippen LogP contribution in [0.4, 0.5) is 0 Å². The molecule has 2 aromatic carbocycles. The molecule has 2 aromatic rings. The third-order valence-electron chi connectivity index (χ3n) is 3.91. The van der Waals surface area contributed by atoms with E-state index in [-0.39, 0.29) is 5.91 Å². The highest BCUT2D eigenvalue weighted by Crippen LogP contribution is 2.34. The number of likely N-dealkylation sites (N-methyl/N-ethyl adjacent to an activating group) is 1. The number of ether oxygens (including phenoxy) is 2. The van der Waals surface area contributed by atoms with Gasteiger partial charge in [0.2, 0.25) is 0 Å². The molecule has 1 aliphatic heterocycles. The summed E-state index contributed by atoms with van der Waals surface area (Å²) in [5, 5.41) is 0. The van der Waals surface area contributed by atoms with Crippen LogP contribution in [-0.2, 0) is 11.4 Å². The Bertz CT molecular complexity index is 849. The number of hydrogen-bond donors (Lipinski definition) is 0. The molecule has 134 valence electrons. The average Bonchev–Trinajstić information content (AvgIpc) is 2.94. The summed E-state index contributed by atoms with van der Waals surface area (Å²) >= 11 is 6.57.